The van der Waals surface area contributed by atoms with Crippen molar-refractivity contribution in [2.24, 2.45) is 0 Å². The van der Waals surface area contributed by atoms with Gasteiger partial charge in [-0.1, -0.05) is 30.3 Å². The smallest absolute Gasteiger partial charge is 0.0213 e. The Hall–Kier alpha value is -1.12. The summed E-state index contributed by atoms with van der Waals surface area (Å²) in [5, 5.41) is 5.61. The number of fused-ring (bicyclic) bond motifs is 1. The molecule has 0 bridgehead atoms. The van der Waals surface area contributed by atoms with Gasteiger partial charge in [0.25, 0.3) is 0 Å². The van der Waals surface area contributed by atoms with Gasteiger partial charge in [0.2, 0.25) is 0 Å². The van der Waals surface area contributed by atoms with Crippen LogP contribution in [0.4, 0.5) is 0 Å². The van der Waals surface area contributed by atoms with Crippen LogP contribution in [0.15, 0.2) is 35.7 Å². The van der Waals surface area contributed by atoms with Gasteiger partial charge in [0.15, 0.2) is 0 Å². The van der Waals surface area contributed by atoms with Crippen LogP contribution in [0.5, 0.6) is 0 Å². The Balaban J connectivity index is 1.82. The van der Waals surface area contributed by atoms with Crippen molar-refractivity contribution in [2.75, 3.05) is 7.05 Å². The summed E-state index contributed by atoms with van der Waals surface area (Å²) in [6.07, 6.45) is 3.77. The molecule has 1 aliphatic carbocycles. The molecule has 1 heterocycles. The van der Waals surface area contributed by atoms with E-state index < -0.39 is 0 Å². The highest BCUT2D eigenvalue weighted by Crippen LogP contribution is 2.37. The molecule has 1 aromatic heterocycles. The van der Waals surface area contributed by atoms with Crippen LogP contribution in [0, 0.1) is 0 Å². The minimum atomic E-state index is 0.722. The van der Waals surface area contributed by atoms with Crippen molar-refractivity contribution in [3.63, 3.8) is 0 Å². The minimum absolute atomic E-state index is 0.722. The number of hydrogen-bond acceptors (Lipinski definition) is 2. The van der Waals surface area contributed by atoms with E-state index in [1.165, 1.54) is 30.4 Å². The second-order valence-electron chi connectivity index (χ2n) is 5.04. The maximum atomic E-state index is 3.27. The average Bonchev–Trinajstić information content (AvgIpc) is 2.83. The summed E-state index contributed by atoms with van der Waals surface area (Å²) >= 11 is 1.95. The van der Waals surface area contributed by atoms with Crippen LogP contribution in [0.2, 0.25) is 0 Å². The van der Waals surface area contributed by atoms with Crippen molar-refractivity contribution in [3.05, 3.63) is 57.3 Å². The third-order valence-electron chi connectivity index (χ3n) is 3.88. The highest BCUT2D eigenvalue weighted by Gasteiger charge is 2.23. The second-order valence-corrected chi connectivity index (χ2v) is 6.01. The zero-order valence-electron chi connectivity index (χ0n) is 10.8. The van der Waals surface area contributed by atoms with Crippen molar-refractivity contribution < 1.29 is 0 Å². The van der Waals surface area contributed by atoms with E-state index in [4.69, 9.17) is 0 Å². The van der Waals surface area contributed by atoms with E-state index in [9.17, 15) is 0 Å². The van der Waals surface area contributed by atoms with E-state index >= 15 is 0 Å². The fourth-order valence-electron chi connectivity index (χ4n) is 2.93. The molecule has 0 saturated carbocycles. The molecule has 1 aromatic carbocycles. The zero-order chi connectivity index (χ0) is 12.4. The molecular weight excluding hydrogens is 238 g/mol. The quantitative estimate of drug-likeness (QED) is 0.883. The summed E-state index contributed by atoms with van der Waals surface area (Å²) in [5.41, 5.74) is 4.65. The lowest BCUT2D eigenvalue weighted by Gasteiger charge is -2.23. The Labute approximate surface area is 113 Å². The van der Waals surface area contributed by atoms with E-state index in [1.54, 1.807) is 10.4 Å². The number of benzene rings is 1. The molecule has 0 amide bonds. The molecule has 18 heavy (non-hydrogen) atoms. The van der Waals surface area contributed by atoms with Gasteiger partial charge in [-0.05, 0) is 54.3 Å². The van der Waals surface area contributed by atoms with Gasteiger partial charge >= 0.3 is 0 Å². The topological polar surface area (TPSA) is 12.0 Å². The van der Waals surface area contributed by atoms with Crippen molar-refractivity contribution in [1.82, 2.24) is 5.32 Å². The number of hydrogen-bond donors (Lipinski definition) is 1. The first-order valence-electron chi connectivity index (χ1n) is 6.66. The summed E-state index contributed by atoms with van der Waals surface area (Å²) < 4.78 is 0. The Bertz CT molecular complexity index is 515. The summed E-state index contributed by atoms with van der Waals surface area (Å²) in [6, 6.07) is 11.0. The van der Waals surface area contributed by atoms with Crippen LogP contribution < -0.4 is 5.32 Å². The highest BCUT2D eigenvalue weighted by atomic mass is 32.1. The lowest BCUT2D eigenvalue weighted by Crippen LogP contribution is -2.13. The Morgan fingerprint density at radius 2 is 2.11 bits per heavy atom. The highest BCUT2D eigenvalue weighted by molar-refractivity contribution is 7.10. The third kappa shape index (κ3) is 2.23. The molecule has 1 N–H and O–H groups in total. The molecule has 0 spiro atoms. The molecule has 3 rings (SSSR count). The van der Waals surface area contributed by atoms with Gasteiger partial charge in [-0.2, -0.15) is 0 Å². The van der Waals surface area contributed by atoms with E-state index in [1.807, 2.05) is 18.4 Å². The van der Waals surface area contributed by atoms with Crippen LogP contribution in [0.25, 0.3) is 0 Å². The average molecular weight is 257 g/mol. The first-order valence-corrected chi connectivity index (χ1v) is 7.54. The maximum Gasteiger partial charge on any atom is 0.0213 e. The maximum absolute atomic E-state index is 3.27. The zero-order valence-corrected chi connectivity index (χ0v) is 11.6. The van der Waals surface area contributed by atoms with Crippen molar-refractivity contribution >= 4 is 11.3 Å². The van der Waals surface area contributed by atoms with Crippen molar-refractivity contribution in [3.8, 4) is 0 Å². The molecule has 0 aliphatic heterocycles. The predicted molar refractivity (Wildman–Crippen MR) is 78.3 cm³/mol. The van der Waals surface area contributed by atoms with Crippen LogP contribution in [-0.4, -0.2) is 7.05 Å². The van der Waals surface area contributed by atoms with Gasteiger partial charge in [-0.3, -0.25) is 0 Å². The molecular formula is C16H19NS. The van der Waals surface area contributed by atoms with Gasteiger partial charge < -0.3 is 5.32 Å². The van der Waals surface area contributed by atoms with Crippen molar-refractivity contribution in [1.29, 1.82) is 0 Å². The largest absolute Gasteiger partial charge is 0.316 e. The molecule has 2 heteroatoms. The Morgan fingerprint density at radius 1 is 1.28 bits per heavy atom. The number of thiophene rings is 1. The first-order chi connectivity index (χ1) is 8.88. The van der Waals surface area contributed by atoms with Gasteiger partial charge in [-0.15, -0.1) is 11.3 Å². The van der Waals surface area contributed by atoms with E-state index in [2.05, 4.69) is 41.0 Å². The molecule has 1 atom stereocenters. The minimum Gasteiger partial charge on any atom is -0.316 e. The fourth-order valence-corrected chi connectivity index (χ4v) is 4.11. The predicted octanol–water partition coefficient (Wildman–Crippen LogP) is 3.74. The summed E-state index contributed by atoms with van der Waals surface area (Å²) in [6.45, 7) is 1.02. The Kier molecular flexibility index (Phi) is 3.48. The molecule has 0 radical (unpaired) electrons. The summed E-state index contributed by atoms with van der Waals surface area (Å²) in [4.78, 5) is 1.61. The van der Waals surface area contributed by atoms with Gasteiger partial charge in [0.1, 0.15) is 0 Å². The molecule has 2 aromatic rings. The Morgan fingerprint density at radius 3 is 2.89 bits per heavy atom. The monoisotopic (exact) mass is 257 g/mol. The lowest BCUT2D eigenvalue weighted by molar-refractivity contribution is 0.588. The summed E-state index contributed by atoms with van der Waals surface area (Å²) in [7, 11) is 2.03. The number of nitrogens with one attached hydrogen (secondary N) is 1. The SMILES string of the molecule is CNCc1csc2c1CCC(c1ccccc1)C2. The van der Waals surface area contributed by atoms with Gasteiger partial charge in [0, 0.05) is 11.4 Å². The lowest BCUT2D eigenvalue weighted by atomic mass is 9.83. The normalized spacial score (nSPS) is 18.6. The first kappa shape index (κ1) is 11.9. The van der Waals surface area contributed by atoms with E-state index in [0.717, 1.165) is 12.5 Å². The van der Waals surface area contributed by atoms with Gasteiger partial charge in [-0.25, -0.2) is 0 Å². The van der Waals surface area contributed by atoms with Crippen LogP contribution in [-0.2, 0) is 19.4 Å². The van der Waals surface area contributed by atoms with Crippen molar-refractivity contribution in [2.45, 2.75) is 31.7 Å². The molecule has 1 aliphatic rings. The standard InChI is InChI=1S/C16H19NS/c1-17-10-14-11-18-16-9-13(7-8-15(14)16)12-5-3-2-4-6-12/h2-6,11,13,17H,7-10H2,1H3. The number of rotatable bonds is 3. The second kappa shape index (κ2) is 5.25. The van der Waals surface area contributed by atoms with E-state index in [0.29, 0.717) is 0 Å². The molecule has 1 unspecified atom stereocenters. The molecule has 94 valence electrons. The van der Waals surface area contributed by atoms with Crippen LogP contribution in [0.1, 0.15) is 33.9 Å². The molecule has 0 fully saturated rings. The van der Waals surface area contributed by atoms with Gasteiger partial charge in [0.05, 0.1) is 0 Å². The van der Waals surface area contributed by atoms with E-state index in [-0.39, 0.29) is 0 Å². The fraction of sp³-hybridized carbons (Fsp3) is 0.375. The molecule has 0 saturated heterocycles. The van der Waals surface area contributed by atoms with Crippen LogP contribution >= 0.6 is 11.3 Å². The third-order valence-corrected chi connectivity index (χ3v) is 4.98. The van der Waals surface area contributed by atoms with Crippen LogP contribution in [0.3, 0.4) is 0 Å². The molecule has 1 nitrogen and oxygen atoms in total. The summed E-state index contributed by atoms with van der Waals surface area (Å²) in [5.74, 6) is 0.722.